The van der Waals surface area contributed by atoms with Crippen LogP contribution in [-0.4, -0.2) is 5.84 Å². The van der Waals surface area contributed by atoms with Crippen molar-refractivity contribution in [3.05, 3.63) is 294 Å². The number of benzene rings is 11. The van der Waals surface area contributed by atoms with Crippen LogP contribution < -0.4 is 16.0 Å². The number of aliphatic imine (C=N–C) groups is 1. The third kappa shape index (κ3) is 6.91. The van der Waals surface area contributed by atoms with Crippen molar-refractivity contribution >= 4 is 44.4 Å². The molecule has 11 aromatic rings. The Bertz CT molecular complexity index is 3720. The van der Waals surface area contributed by atoms with Crippen LogP contribution in [0.3, 0.4) is 0 Å². The van der Waals surface area contributed by atoms with E-state index in [0.29, 0.717) is 6.54 Å². The van der Waals surface area contributed by atoms with Gasteiger partial charge in [-0.15, -0.1) is 0 Å². The molecule has 0 bridgehead atoms. The number of nitrogens with two attached hydrogens (primary N) is 1. The molecule has 13 rings (SSSR count). The lowest BCUT2D eigenvalue weighted by molar-refractivity contribution is 0.679. The van der Waals surface area contributed by atoms with E-state index in [1.807, 2.05) is 48.5 Å². The van der Waals surface area contributed by atoms with E-state index in [4.69, 9.17) is 10.7 Å². The maximum atomic E-state index is 6.67. The highest BCUT2D eigenvalue weighted by atomic mass is 15.2. The Hall–Kier alpha value is -8.83. The number of anilines is 3. The average molecular weight is 897 g/mol. The average Bonchev–Trinajstić information content (AvgIpc) is 3.72. The van der Waals surface area contributed by atoms with Crippen molar-refractivity contribution in [3.8, 4) is 33.4 Å². The van der Waals surface area contributed by atoms with Crippen LogP contribution in [0, 0.1) is 0 Å². The molecule has 4 heteroatoms. The van der Waals surface area contributed by atoms with Gasteiger partial charge in [-0.2, -0.15) is 0 Å². The lowest BCUT2D eigenvalue weighted by Gasteiger charge is -2.45. The first kappa shape index (κ1) is 41.4. The van der Waals surface area contributed by atoms with Gasteiger partial charge in [-0.25, -0.2) is 0 Å². The molecule has 3 N–H and O–H groups in total. The molecular weight excluding hydrogens is 849 g/mol. The molecule has 1 aliphatic heterocycles. The van der Waals surface area contributed by atoms with Crippen LogP contribution in [0.25, 0.3) is 54.9 Å². The number of nitrogens with one attached hydrogen (secondary N) is 1. The smallest absolute Gasteiger partial charge is 0.130 e. The van der Waals surface area contributed by atoms with Gasteiger partial charge in [-0.05, 0) is 143 Å². The summed E-state index contributed by atoms with van der Waals surface area (Å²) in [4.78, 5) is 7.63. The second kappa shape index (κ2) is 17.0. The van der Waals surface area contributed by atoms with E-state index in [9.17, 15) is 0 Å². The molecule has 1 unspecified atom stereocenters. The first-order valence-electron chi connectivity index (χ1n) is 24.1. The zero-order valence-electron chi connectivity index (χ0n) is 38.5. The third-order valence-corrected chi connectivity index (χ3v) is 14.5. The molecule has 4 nitrogen and oxygen atoms in total. The molecule has 1 atom stereocenters. The first-order valence-corrected chi connectivity index (χ1v) is 24.1. The molecule has 70 heavy (non-hydrogen) atoms. The Balaban J connectivity index is 0.943. The number of para-hydroxylation sites is 1. The summed E-state index contributed by atoms with van der Waals surface area (Å²) in [6.45, 7) is 0.495. The molecular formula is C66H48N4. The fourth-order valence-corrected chi connectivity index (χ4v) is 11.2. The lowest BCUT2D eigenvalue weighted by atomic mass is 9.63. The van der Waals surface area contributed by atoms with Gasteiger partial charge in [0.15, 0.2) is 0 Å². The monoisotopic (exact) mass is 896 g/mol. The minimum absolute atomic E-state index is 0.399. The van der Waals surface area contributed by atoms with E-state index in [1.165, 1.54) is 77.4 Å². The highest BCUT2D eigenvalue weighted by Gasteiger charge is 2.52. The fourth-order valence-electron chi connectivity index (χ4n) is 11.2. The van der Waals surface area contributed by atoms with Gasteiger partial charge in [0.25, 0.3) is 0 Å². The highest BCUT2D eigenvalue weighted by molar-refractivity contribution is 6.04. The fraction of sp³-hybridized carbons (Fsp3) is 0.0455. The van der Waals surface area contributed by atoms with Gasteiger partial charge in [0.05, 0.1) is 23.3 Å². The summed E-state index contributed by atoms with van der Waals surface area (Å²) in [5.74, 6) is 0.762. The minimum Gasteiger partial charge on any atom is -0.351 e. The highest BCUT2D eigenvalue weighted by Crippen LogP contribution is 2.64. The molecule has 1 aliphatic carbocycles. The normalized spacial score (nSPS) is 13.7. The Morgan fingerprint density at radius 2 is 0.943 bits per heavy atom. The van der Waals surface area contributed by atoms with Gasteiger partial charge in [-0.1, -0.05) is 200 Å². The van der Waals surface area contributed by atoms with Crippen molar-refractivity contribution in [1.82, 2.24) is 5.32 Å². The zero-order chi connectivity index (χ0) is 46.6. The molecule has 0 radical (unpaired) electrons. The molecule has 0 aromatic heterocycles. The van der Waals surface area contributed by atoms with Crippen molar-refractivity contribution in [2.24, 2.45) is 10.7 Å². The maximum absolute atomic E-state index is 6.67. The minimum atomic E-state index is -0.614. The van der Waals surface area contributed by atoms with E-state index in [1.54, 1.807) is 0 Å². The van der Waals surface area contributed by atoms with E-state index < -0.39 is 11.6 Å². The van der Waals surface area contributed by atoms with Crippen LogP contribution in [0.15, 0.2) is 260 Å². The van der Waals surface area contributed by atoms with Gasteiger partial charge < -0.3 is 16.0 Å². The van der Waals surface area contributed by atoms with E-state index >= 15 is 0 Å². The molecule has 0 saturated carbocycles. The summed E-state index contributed by atoms with van der Waals surface area (Å²) < 4.78 is 0. The molecule has 0 fully saturated rings. The van der Waals surface area contributed by atoms with Gasteiger partial charge >= 0.3 is 0 Å². The molecule has 332 valence electrons. The van der Waals surface area contributed by atoms with Crippen LogP contribution in [0.1, 0.15) is 45.1 Å². The Morgan fingerprint density at radius 3 is 1.60 bits per heavy atom. The summed E-state index contributed by atoms with van der Waals surface area (Å²) in [6, 6.07) is 92.7. The molecule has 11 aromatic carbocycles. The van der Waals surface area contributed by atoms with Crippen molar-refractivity contribution in [2.45, 2.75) is 18.1 Å². The standard InChI is InChI=1S/C66H48N4/c67-64(45-19-4-1-5-20-45)69-65(46-21-6-2-7-22-46)68-43-44-18-16-27-47(36-44)48-28-17-29-49(37-48)54-34-35-57-56-32-14-15-33-58(56)66(59(57)38-54)60-39-50-23-10-12-25-52(50)41-62(60)70(55-30-8-3-9-31-55)63-42-53-26-13-11-24-51(53)40-61(63)66/h1-42,64H,43,67H2,(H,68,69). The van der Waals surface area contributed by atoms with Gasteiger partial charge in [-0.3, -0.25) is 4.99 Å². The van der Waals surface area contributed by atoms with Gasteiger partial charge in [0.2, 0.25) is 0 Å². The van der Waals surface area contributed by atoms with Crippen molar-refractivity contribution in [3.63, 3.8) is 0 Å². The van der Waals surface area contributed by atoms with Crippen molar-refractivity contribution in [2.75, 3.05) is 4.90 Å². The number of hydrogen-bond donors (Lipinski definition) is 2. The van der Waals surface area contributed by atoms with Gasteiger partial charge in [0.1, 0.15) is 12.0 Å². The van der Waals surface area contributed by atoms with Crippen molar-refractivity contribution < 1.29 is 0 Å². The number of rotatable bonds is 8. The quantitative estimate of drug-likeness (QED) is 0.0908. The topological polar surface area (TPSA) is 53.6 Å². The summed E-state index contributed by atoms with van der Waals surface area (Å²) in [6.07, 6.45) is -0.399. The van der Waals surface area contributed by atoms with E-state index in [2.05, 4.69) is 216 Å². The number of amidine groups is 1. The number of nitrogens with zero attached hydrogens (tertiary/aromatic N) is 2. The summed E-state index contributed by atoms with van der Waals surface area (Å²) in [7, 11) is 0. The number of fused-ring (bicyclic) bond motifs is 11. The van der Waals surface area contributed by atoms with Crippen LogP contribution in [0.2, 0.25) is 0 Å². The lowest BCUT2D eigenvalue weighted by Crippen LogP contribution is -2.36. The zero-order valence-corrected chi connectivity index (χ0v) is 38.5. The largest absolute Gasteiger partial charge is 0.351 e. The Kier molecular flexibility index (Phi) is 10.1. The van der Waals surface area contributed by atoms with Crippen LogP contribution >= 0.6 is 0 Å². The molecule has 0 amide bonds. The molecule has 1 spiro atoms. The summed E-state index contributed by atoms with van der Waals surface area (Å²) in [5.41, 5.74) is 25.0. The van der Waals surface area contributed by atoms with Crippen LogP contribution in [-0.2, 0) is 12.0 Å². The Labute approximate surface area is 408 Å². The van der Waals surface area contributed by atoms with E-state index in [0.717, 1.165) is 39.3 Å². The predicted octanol–water partition coefficient (Wildman–Crippen LogP) is 15.7. The summed E-state index contributed by atoms with van der Waals surface area (Å²) in [5, 5.41) is 8.39. The van der Waals surface area contributed by atoms with Crippen molar-refractivity contribution in [1.29, 1.82) is 0 Å². The van der Waals surface area contributed by atoms with Crippen LogP contribution in [0.4, 0.5) is 17.1 Å². The molecule has 2 aliphatic rings. The van der Waals surface area contributed by atoms with Gasteiger partial charge in [0, 0.05) is 11.3 Å². The number of hydrogen-bond acceptors (Lipinski definition) is 3. The Morgan fingerprint density at radius 1 is 0.429 bits per heavy atom. The molecule has 1 heterocycles. The maximum Gasteiger partial charge on any atom is 0.130 e. The first-order chi connectivity index (χ1) is 34.6. The predicted molar refractivity (Wildman–Crippen MR) is 291 cm³/mol. The summed E-state index contributed by atoms with van der Waals surface area (Å²) >= 11 is 0. The molecule has 0 saturated heterocycles. The second-order valence-corrected chi connectivity index (χ2v) is 18.5. The SMILES string of the molecule is NC(NC(=NCc1cccc(-c2cccc(-c3ccc4c(c3)C3(c5ccccc5-4)c4cc5ccccc5cc4N(c4ccccc4)c4cc5ccccc5cc43)c2)c1)c1ccccc1)c1ccccc1. The van der Waals surface area contributed by atoms with E-state index in [-0.39, 0.29) is 0 Å². The second-order valence-electron chi connectivity index (χ2n) is 18.5. The van der Waals surface area contributed by atoms with Crippen LogP contribution in [0.5, 0.6) is 0 Å². The third-order valence-electron chi connectivity index (χ3n) is 14.5.